The van der Waals surface area contributed by atoms with Crippen molar-refractivity contribution in [2.75, 3.05) is 0 Å². The van der Waals surface area contributed by atoms with Crippen LogP contribution < -0.4 is 10.9 Å². The number of halogens is 1. The van der Waals surface area contributed by atoms with Gasteiger partial charge in [-0.15, -0.1) is 0 Å². The van der Waals surface area contributed by atoms with Gasteiger partial charge in [-0.25, -0.2) is 4.39 Å². The first-order chi connectivity index (χ1) is 9.54. The Balaban J connectivity index is 1.97. The number of hydrogen-bond donors (Lipinski definition) is 2. The van der Waals surface area contributed by atoms with Crippen molar-refractivity contribution in [1.82, 2.24) is 10.3 Å². The maximum absolute atomic E-state index is 12.8. The maximum atomic E-state index is 12.8. The second-order valence-electron chi connectivity index (χ2n) is 4.63. The summed E-state index contributed by atoms with van der Waals surface area (Å²) in [7, 11) is 0. The van der Waals surface area contributed by atoms with Crippen molar-refractivity contribution in [3.8, 4) is 0 Å². The fourth-order valence-corrected chi connectivity index (χ4v) is 1.91. The summed E-state index contributed by atoms with van der Waals surface area (Å²) >= 11 is 0. The lowest BCUT2D eigenvalue weighted by Gasteiger charge is -2.13. The Labute approximate surface area is 115 Å². The number of aromatic nitrogens is 1. The van der Waals surface area contributed by atoms with Crippen LogP contribution in [0.15, 0.2) is 47.3 Å². The summed E-state index contributed by atoms with van der Waals surface area (Å²) in [4.78, 5) is 25.5. The van der Waals surface area contributed by atoms with Gasteiger partial charge in [0.1, 0.15) is 11.5 Å². The van der Waals surface area contributed by atoms with E-state index >= 15 is 0 Å². The Hall–Kier alpha value is -2.43. The minimum atomic E-state index is -0.336. The average molecular weight is 274 g/mol. The average Bonchev–Trinajstić information content (AvgIpc) is 2.41. The summed E-state index contributed by atoms with van der Waals surface area (Å²) < 4.78 is 12.8. The highest BCUT2D eigenvalue weighted by molar-refractivity contribution is 5.92. The first-order valence-electron chi connectivity index (χ1n) is 6.29. The van der Waals surface area contributed by atoms with Crippen molar-refractivity contribution in [2.24, 2.45) is 0 Å². The molecule has 0 aliphatic rings. The van der Waals surface area contributed by atoms with Crippen LogP contribution in [0.5, 0.6) is 0 Å². The smallest absolute Gasteiger partial charge is 0.268 e. The third-order valence-electron chi connectivity index (χ3n) is 2.85. The summed E-state index contributed by atoms with van der Waals surface area (Å²) in [6.45, 7) is 1.85. The molecule has 5 heteroatoms. The highest BCUT2D eigenvalue weighted by atomic mass is 19.1. The molecular formula is C15H15FN2O2. The van der Waals surface area contributed by atoms with Crippen LogP contribution in [0, 0.1) is 5.82 Å². The molecule has 20 heavy (non-hydrogen) atoms. The molecule has 104 valence electrons. The number of nitrogens with one attached hydrogen (secondary N) is 2. The SMILES string of the molecule is CC(Cc1ccc(F)cc1)NC(=O)c1cccc(=O)[nH]1. The van der Waals surface area contributed by atoms with E-state index in [1.165, 1.54) is 24.3 Å². The van der Waals surface area contributed by atoms with Gasteiger partial charge in [-0.1, -0.05) is 18.2 Å². The monoisotopic (exact) mass is 274 g/mol. The standard InChI is InChI=1S/C15H15FN2O2/c1-10(9-11-5-7-12(16)8-6-11)17-15(20)13-3-2-4-14(19)18-13/h2-8,10H,9H2,1H3,(H,17,20)(H,18,19). The van der Waals surface area contributed by atoms with Crippen LogP contribution in [-0.4, -0.2) is 16.9 Å². The molecule has 1 unspecified atom stereocenters. The minimum absolute atomic E-state index is 0.128. The second kappa shape index (κ2) is 6.14. The van der Waals surface area contributed by atoms with Crippen LogP contribution in [0.2, 0.25) is 0 Å². The maximum Gasteiger partial charge on any atom is 0.268 e. The van der Waals surface area contributed by atoms with E-state index in [1.54, 1.807) is 18.2 Å². The number of rotatable bonds is 4. The molecule has 2 aromatic rings. The number of benzene rings is 1. The second-order valence-corrected chi connectivity index (χ2v) is 4.63. The van der Waals surface area contributed by atoms with Crippen molar-refractivity contribution in [2.45, 2.75) is 19.4 Å². The molecule has 2 N–H and O–H groups in total. The van der Waals surface area contributed by atoms with Gasteiger partial charge in [0.25, 0.3) is 5.91 Å². The highest BCUT2D eigenvalue weighted by Gasteiger charge is 2.10. The van der Waals surface area contributed by atoms with Crippen molar-refractivity contribution < 1.29 is 9.18 Å². The molecule has 1 aromatic heterocycles. The van der Waals surface area contributed by atoms with Gasteiger partial charge in [0.15, 0.2) is 0 Å². The Bertz CT molecular complexity index is 649. The van der Waals surface area contributed by atoms with E-state index in [-0.39, 0.29) is 29.0 Å². The number of hydrogen-bond acceptors (Lipinski definition) is 2. The van der Waals surface area contributed by atoms with Gasteiger partial charge >= 0.3 is 0 Å². The molecule has 1 aromatic carbocycles. The first-order valence-corrected chi connectivity index (χ1v) is 6.29. The van der Waals surface area contributed by atoms with Crippen molar-refractivity contribution in [3.05, 3.63) is 69.9 Å². The molecule has 0 bridgehead atoms. The Morgan fingerprint density at radius 1 is 1.25 bits per heavy atom. The van der Waals surface area contributed by atoms with Crippen molar-refractivity contribution >= 4 is 5.91 Å². The number of pyridine rings is 1. The van der Waals surface area contributed by atoms with E-state index in [0.717, 1.165) is 5.56 Å². The van der Waals surface area contributed by atoms with Gasteiger partial charge < -0.3 is 10.3 Å². The lowest BCUT2D eigenvalue weighted by Crippen LogP contribution is -2.35. The third kappa shape index (κ3) is 3.78. The minimum Gasteiger partial charge on any atom is -0.348 e. The lowest BCUT2D eigenvalue weighted by molar-refractivity contribution is 0.0935. The Kier molecular flexibility index (Phi) is 4.30. The van der Waals surface area contributed by atoms with Crippen LogP contribution in [0.3, 0.4) is 0 Å². The van der Waals surface area contributed by atoms with Crippen molar-refractivity contribution in [1.29, 1.82) is 0 Å². The predicted molar refractivity (Wildman–Crippen MR) is 74.1 cm³/mol. The molecule has 0 spiro atoms. The molecule has 1 heterocycles. The largest absolute Gasteiger partial charge is 0.348 e. The predicted octanol–water partition coefficient (Wildman–Crippen LogP) is 1.88. The molecule has 1 atom stereocenters. The van der Waals surface area contributed by atoms with Crippen molar-refractivity contribution in [3.63, 3.8) is 0 Å². The van der Waals surface area contributed by atoms with Gasteiger partial charge in [0.2, 0.25) is 5.56 Å². The summed E-state index contributed by atoms with van der Waals surface area (Å²) in [5.74, 6) is -0.621. The number of amides is 1. The molecule has 0 fully saturated rings. The van der Waals surface area contributed by atoms with Crippen LogP contribution in [0.25, 0.3) is 0 Å². The van der Waals surface area contributed by atoms with E-state index in [1.807, 2.05) is 6.92 Å². The first kappa shape index (κ1) is 14.0. The zero-order valence-electron chi connectivity index (χ0n) is 11.0. The molecule has 1 amide bonds. The Morgan fingerprint density at radius 2 is 1.95 bits per heavy atom. The van der Waals surface area contributed by atoms with E-state index in [4.69, 9.17) is 0 Å². The van der Waals surface area contributed by atoms with Gasteiger partial charge in [-0.3, -0.25) is 9.59 Å². The van der Waals surface area contributed by atoms with Gasteiger partial charge in [-0.05, 0) is 37.1 Å². The number of carbonyl (C=O) groups excluding carboxylic acids is 1. The normalized spacial score (nSPS) is 11.9. The van der Waals surface area contributed by atoms with Crippen LogP contribution in [-0.2, 0) is 6.42 Å². The van der Waals surface area contributed by atoms with Crippen LogP contribution in [0.4, 0.5) is 4.39 Å². The highest BCUT2D eigenvalue weighted by Crippen LogP contribution is 2.06. The zero-order chi connectivity index (χ0) is 14.5. The molecule has 0 radical (unpaired) electrons. The number of aromatic amines is 1. The third-order valence-corrected chi connectivity index (χ3v) is 2.85. The number of H-pyrrole nitrogens is 1. The summed E-state index contributed by atoms with van der Waals surface area (Å²) in [6.07, 6.45) is 0.586. The van der Waals surface area contributed by atoms with E-state index in [9.17, 15) is 14.0 Å². The summed E-state index contributed by atoms with van der Waals surface area (Å²) in [5, 5.41) is 2.78. The summed E-state index contributed by atoms with van der Waals surface area (Å²) in [5.41, 5.74) is 0.841. The van der Waals surface area contributed by atoms with E-state index in [2.05, 4.69) is 10.3 Å². The zero-order valence-corrected chi connectivity index (χ0v) is 11.0. The topological polar surface area (TPSA) is 62.0 Å². The van der Waals surface area contributed by atoms with E-state index < -0.39 is 0 Å². The molecule has 0 saturated carbocycles. The summed E-state index contributed by atoms with van der Waals surface area (Å²) in [6, 6.07) is 10.4. The van der Waals surface area contributed by atoms with Gasteiger partial charge in [0, 0.05) is 12.1 Å². The lowest BCUT2D eigenvalue weighted by atomic mass is 10.1. The fourth-order valence-electron chi connectivity index (χ4n) is 1.91. The fraction of sp³-hybridized carbons (Fsp3) is 0.200. The molecular weight excluding hydrogens is 259 g/mol. The van der Waals surface area contributed by atoms with Crippen LogP contribution >= 0.6 is 0 Å². The van der Waals surface area contributed by atoms with Crippen LogP contribution in [0.1, 0.15) is 23.0 Å². The Morgan fingerprint density at radius 3 is 2.60 bits per heavy atom. The number of carbonyl (C=O) groups is 1. The molecule has 0 aliphatic heterocycles. The molecule has 4 nitrogen and oxygen atoms in total. The molecule has 0 saturated heterocycles. The quantitative estimate of drug-likeness (QED) is 0.894. The van der Waals surface area contributed by atoms with Gasteiger partial charge in [-0.2, -0.15) is 0 Å². The molecule has 0 aliphatic carbocycles. The van der Waals surface area contributed by atoms with Gasteiger partial charge in [0.05, 0.1) is 0 Å². The molecule has 2 rings (SSSR count). The van der Waals surface area contributed by atoms with E-state index in [0.29, 0.717) is 6.42 Å².